The maximum atomic E-state index is 12.5. The molecule has 150 valence electrons. The standard InChI is InChI=1S/C18H21ClN4O4S/c1-22-9-14-17(18(22)24)13(8-16(19)21-14)20-12-6-5-11(10-27-3)7-15(12)23(2)28(4,25)26/h5-8H,9-10H2,1-4H3,(H,20,21). The molecule has 0 atom stereocenters. The van der Waals surface area contributed by atoms with E-state index >= 15 is 0 Å². The van der Waals surface area contributed by atoms with Gasteiger partial charge in [-0.1, -0.05) is 17.7 Å². The first-order valence-electron chi connectivity index (χ1n) is 8.39. The van der Waals surface area contributed by atoms with Crippen LogP contribution in [0.4, 0.5) is 17.1 Å². The molecule has 0 radical (unpaired) electrons. The molecule has 0 saturated carbocycles. The van der Waals surface area contributed by atoms with Crippen LogP contribution in [0.15, 0.2) is 24.3 Å². The number of halogens is 1. The van der Waals surface area contributed by atoms with E-state index in [0.29, 0.717) is 41.5 Å². The highest BCUT2D eigenvalue weighted by molar-refractivity contribution is 7.92. The van der Waals surface area contributed by atoms with Gasteiger partial charge in [-0.05, 0) is 23.8 Å². The predicted molar refractivity (Wildman–Crippen MR) is 109 cm³/mol. The maximum Gasteiger partial charge on any atom is 0.257 e. The van der Waals surface area contributed by atoms with Crippen molar-refractivity contribution in [2.75, 3.05) is 37.1 Å². The minimum Gasteiger partial charge on any atom is -0.380 e. The highest BCUT2D eigenvalue weighted by atomic mass is 35.5. The molecule has 1 aromatic carbocycles. The minimum absolute atomic E-state index is 0.171. The Labute approximate surface area is 169 Å². The number of amides is 1. The lowest BCUT2D eigenvalue weighted by molar-refractivity contribution is 0.0817. The molecule has 10 heteroatoms. The van der Waals surface area contributed by atoms with Crippen molar-refractivity contribution in [3.8, 4) is 0 Å². The normalized spacial score (nSPS) is 13.6. The van der Waals surface area contributed by atoms with Gasteiger partial charge < -0.3 is 15.0 Å². The summed E-state index contributed by atoms with van der Waals surface area (Å²) in [5.74, 6) is -0.171. The first-order valence-corrected chi connectivity index (χ1v) is 10.6. The van der Waals surface area contributed by atoms with Crippen molar-refractivity contribution in [1.82, 2.24) is 9.88 Å². The van der Waals surface area contributed by atoms with E-state index in [2.05, 4.69) is 10.3 Å². The molecular formula is C18H21ClN4O4S. The molecule has 0 unspecified atom stereocenters. The number of sulfonamides is 1. The monoisotopic (exact) mass is 424 g/mol. The third kappa shape index (κ3) is 3.91. The Morgan fingerprint density at radius 3 is 2.68 bits per heavy atom. The molecule has 0 aliphatic carbocycles. The summed E-state index contributed by atoms with van der Waals surface area (Å²) < 4.78 is 30.6. The van der Waals surface area contributed by atoms with E-state index < -0.39 is 10.0 Å². The molecule has 0 saturated heterocycles. The fourth-order valence-corrected chi connectivity index (χ4v) is 3.75. The fourth-order valence-electron chi connectivity index (χ4n) is 3.03. The molecule has 0 bridgehead atoms. The third-order valence-corrected chi connectivity index (χ3v) is 5.88. The highest BCUT2D eigenvalue weighted by Gasteiger charge is 2.30. The van der Waals surface area contributed by atoms with Crippen molar-refractivity contribution < 1.29 is 17.9 Å². The molecule has 2 aromatic rings. The van der Waals surface area contributed by atoms with Crippen LogP contribution in [0.5, 0.6) is 0 Å². The number of nitrogens with zero attached hydrogens (tertiary/aromatic N) is 3. The van der Waals surface area contributed by atoms with E-state index in [4.69, 9.17) is 16.3 Å². The fraction of sp³-hybridized carbons (Fsp3) is 0.333. The van der Waals surface area contributed by atoms with Crippen LogP contribution in [0.3, 0.4) is 0 Å². The van der Waals surface area contributed by atoms with E-state index in [9.17, 15) is 13.2 Å². The lowest BCUT2D eigenvalue weighted by Gasteiger charge is -2.22. The van der Waals surface area contributed by atoms with Crippen LogP contribution in [0, 0.1) is 0 Å². The van der Waals surface area contributed by atoms with E-state index in [1.807, 2.05) is 6.07 Å². The van der Waals surface area contributed by atoms with Crippen molar-refractivity contribution in [2.24, 2.45) is 0 Å². The van der Waals surface area contributed by atoms with Gasteiger partial charge in [0.05, 0.1) is 47.7 Å². The number of fused-ring (bicyclic) bond motifs is 1. The number of carbonyl (C=O) groups is 1. The molecular weight excluding hydrogens is 404 g/mol. The van der Waals surface area contributed by atoms with Gasteiger partial charge in [0.1, 0.15) is 5.15 Å². The first kappa shape index (κ1) is 20.4. The number of ether oxygens (including phenoxy) is 1. The number of benzene rings is 1. The molecule has 28 heavy (non-hydrogen) atoms. The number of pyridine rings is 1. The number of aromatic nitrogens is 1. The summed E-state index contributed by atoms with van der Waals surface area (Å²) in [6, 6.07) is 6.85. The first-order chi connectivity index (χ1) is 13.1. The zero-order valence-corrected chi connectivity index (χ0v) is 17.6. The highest BCUT2D eigenvalue weighted by Crippen LogP contribution is 2.36. The molecule has 1 aliphatic heterocycles. The van der Waals surface area contributed by atoms with Gasteiger partial charge in [-0.25, -0.2) is 13.4 Å². The minimum atomic E-state index is -3.50. The molecule has 0 spiro atoms. The second-order valence-corrected chi connectivity index (χ2v) is 9.02. The summed E-state index contributed by atoms with van der Waals surface area (Å²) in [7, 11) is 1.22. The van der Waals surface area contributed by atoms with Gasteiger partial charge in [-0.2, -0.15) is 0 Å². The van der Waals surface area contributed by atoms with Gasteiger partial charge in [0.15, 0.2) is 0 Å². The van der Waals surface area contributed by atoms with E-state index in [0.717, 1.165) is 11.8 Å². The predicted octanol–water partition coefficient (Wildman–Crippen LogP) is 2.61. The van der Waals surface area contributed by atoms with Crippen LogP contribution in [0.1, 0.15) is 21.6 Å². The van der Waals surface area contributed by atoms with Crippen LogP contribution in [0.25, 0.3) is 0 Å². The zero-order chi connectivity index (χ0) is 20.6. The largest absolute Gasteiger partial charge is 0.380 e. The van der Waals surface area contributed by atoms with E-state index in [-0.39, 0.29) is 11.1 Å². The lowest BCUT2D eigenvalue weighted by Crippen LogP contribution is -2.26. The van der Waals surface area contributed by atoms with Gasteiger partial charge >= 0.3 is 0 Å². The molecule has 0 fully saturated rings. The van der Waals surface area contributed by atoms with Crippen LogP contribution in [-0.4, -0.2) is 51.7 Å². The number of hydrogen-bond donors (Lipinski definition) is 1. The number of carbonyl (C=O) groups excluding carboxylic acids is 1. The Kier molecular flexibility index (Phi) is 5.51. The Hall–Kier alpha value is -2.36. The van der Waals surface area contributed by atoms with Gasteiger partial charge in [0.2, 0.25) is 10.0 Å². The summed E-state index contributed by atoms with van der Waals surface area (Å²) in [5.41, 5.74) is 3.24. The van der Waals surface area contributed by atoms with Crippen LogP contribution in [-0.2, 0) is 27.9 Å². The summed E-state index contributed by atoms with van der Waals surface area (Å²) in [6.07, 6.45) is 1.12. The number of methoxy groups -OCH3 is 1. The van der Waals surface area contributed by atoms with Crippen molar-refractivity contribution in [2.45, 2.75) is 13.2 Å². The third-order valence-electron chi connectivity index (χ3n) is 4.49. The topological polar surface area (TPSA) is 91.8 Å². The van der Waals surface area contributed by atoms with Crippen molar-refractivity contribution in [3.05, 3.63) is 46.2 Å². The zero-order valence-electron chi connectivity index (χ0n) is 16.0. The van der Waals surface area contributed by atoms with Gasteiger partial charge in [0, 0.05) is 21.2 Å². The van der Waals surface area contributed by atoms with E-state index in [1.165, 1.54) is 11.4 Å². The van der Waals surface area contributed by atoms with E-state index in [1.54, 1.807) is 37.3 Å². The second-order valence-electron chi connectivity index (χ2n) is 6.62. The Morgan fingerprint density at radius 1 is 1.32 bits per heavy atom. The number of hydrogen-bond acceptors (Lipinski definition) is 6. The summed E-state index contributed by atoms with van der Waals surface area (Å²) >= 11 is 6.13. The lowest BCUT2D eigenvalue weighted by atomic mass is 10.1. The summed E-state index contributed by atoms with van der Waals surface area (Å²) in [4.78, 5) is 18.3. The summed E-state index contributed by atoms with van der Waals surface area (Å²) in [6.45, 7) is 0.705. The average molecular weight is 425 g/mol. The molecule has 3 rings (SSSR count). The quantitative estimate of drug-likeness (QED) is 0.716. The molecule has 2 heterocycles. The van der Waals surface area contributed by atoms with Crippen molar-refractivity contribution in [3.63, 3.8) is 0 Å². The number of nitrogens with one attached hydrogen (secondary N) is 1. The number of rotatable bonds is 6. The molecule has 1 amide bonds. The molecule has 8 nitrogen and oxygen atoms in total. The van der Waals surface area contributed by atoms with Gasteiger partial charge in [-0.15, -0.1) is 0 Å². The number of anilines is 3. The molecule has 1 aromatic heterocycles. The van der Waals surface area contributed by atoms with Crippen LogP contribution in [0.2, 0.25) is 5.15 Å². The van der Waals surface area contributed by atoms with Gasteiger partial charge in [-0.3, -0.25) is 9.10 Å². The van der Waals surface area contributed by atoms with Crippen molar-refractivity contribution >= 4 is 44.6 Å². The van der Waals surface area contributed by atoms with Crippen molar-refractivity contribution in [1.29, 1.82) is 0 Å². The maximum absolute atomic E-state index is 12.5. The molecule has 1 N–H and O–H groups in total. The Morgan fingerprint density at radius 2 is 2.04 bits per heavy atom. The average Bonchev–Trinajstić information content (AvgIpc) is 2.89. The second kappa shape index (κ2) is 7.57. The molecule has 1 aliphatic rings. The SMILES string of the molecule is COCc1ccc(Nc2cc(Cl)nc3c2C(=O)N(C)C3)c(N(C)S(C)(=O)=O)c1. The smallest absolute Gasteiger partial charge is 0.257 e. The Bertz CT molecular complexity index is 1040. The Balaban J connectivity index is 2.10. The van der Waals surface area contributed by atoms with Gasteiger partial charge in [0.25, 0.3) is 5.91 Å². The van der Waals surface area contributed by atoms with Crippen LogP contribution >= 0.6 is 11.6 Å². The summed E-state index contributed by atoms with van der Waals surface area (Å²) in [5, 5.41) is 3.42. The van der Waals surface area contributed by atoms with Crippen LogP contribution < -0.4 is 9.62 Å².